The number of hydrogen-bond acceptors (Lipinski definition) is 5. The van der Waals surface area contributed by atoms with E-state index in [9.17, 15) is 4.79 Å². The third-order valence-corrected chi connectivity index (χ3v) is 4.92. The summed E-state index contributed by atoms with van der Waals surface area (Å²) < 4.78 is 5.51. The minimum absolute atomic E-state index is 0.0755. The van der Waals surface area contributed by atoms with Gasteiger partial charge in [0, 0.05) is 25.2 Å². The Hall–Kier alpha value is -1.99. The molecule has 0 saturated carbocycles. The van der Waals surface area contributed by atoms with E-state index in [1.165, 1.54) is 16.9 Å². The molecule has 0 bridgehead atoms. The summed E-state index contributed by atoms with van der Waals surface area (Å²) in [6.07, 6.45) is 1.80. The summed E-state index contributed by atoms with van der Waals surface area (Å²) in [5, 5.41) is 14.8. The first kappa shape index (κ1) is 15.9. The maximum Gasteiger partial charge on any atom is 0.321 e. The molecule has 122 valence electrons. The first-order chi connectivity index (χ1) is 11.2. The summed E-state index contributed by atoms with van der Waals surface area (Å²) >= 11 is 1.36. The van der Waals surface area contributed by atoms with Crippen molar-refractivity contribution in [3.05, 3.63) is 40.9 Å². The molecule has 2 amide bonds. The van der Waals surface area contributed by atoms with E-state index in [0.717, 1.165) is 17.8 Å². The first-order valence-electron chi connectivity index (χ1n) is 7.66. The molecule has 1 fully saturated rings. The molecule has 0 spiro atoms. The van der Waals surface area contributed by atoms with E-state index in [2.05, 4.69) is 33.0 Å². The second-order valence-electron chi connectivity index (χ2n) is 5.69. The molecule has 1 aliphatic heterocycles. The molecule has 1 aromatic carbocycles. The predicted molar refractivity (Wildman–Crippen MR) is 89.8 cm³/mol. The quantitative estimate of drug-likeness (QED) is 0.902. The van der Waals surface area contributed by atoms with Gasteiger partial charge in [-0.15, -0.1) is 10.2 Å². The van der Waals surface area contributed by atoms with Crippen LogP contribution in [-0.2, 0) is 10.2 Å². The Morgan fingerprint density at radius 3 is 2.65 bits per heavy atom. The second-order valence-corrected chi connectivity index (χ2v) is 6.87. The third kappa shape index (κ3) is 3.86. The van der Waals surface area contributed by atoms with Crippen LogP contribution < -0.4 is 10.6 Å². The number of aryl methyl sites for hydroxylation is 1. The minimum atomic E-state index is -0.247. The van der Waals surface area contributed by atoms with Crippen molar-refractivity contribution in [3.8, 4) is 0 Å². The first-order valence-corrected chi connectivity index (χ1v) is 8.48. The molecule has 0 atom stereocenters. The topological polar surface area (TPSA) is 76.1 Å². The molecule has 1 aliphatic rings. The molecule has 2 N–H and O–H groups in total. The van der Waals surface area contributed by atoms with Crippen molar-refractivity contribution in [3.63, 3.8) is 0 Å². The molecule has 0 unspecified atom stereocenters. The fourth-order valence-corrected chi connectivity index (χ4v) is 3.45. The molecule has 2 heterocycles. The number of nitrogens with zero attached hydrogens (tertiary/aromatic N) is 2. The smallest absolute Gasteiger partial charge is 0.321 e. The van der Waals surface area contributed by atoms with Gasteiger partial charge >= 0.3 is 6.03 Å². The van der Waals surface area contributed by atoms with Gasteiger partial charge < -0.3 is 10.1 Å². The summed E-state index contributed by atoms with van der Waals surface area (Å²) in [5.74, 6) is 0. The molecule has 0 aliphatic carbocycles. The molecule has 2 aromatic rings. The van der Waals surface area contributed by atoms with Gasteiger partial charge in [0.15, 0.2) is 0 Å². The zero-order valence-corrected chi connectivity index (χ0v) is 13.9. The SMILES string of the molecule is Cc1nnc(NC(=O)NCC2(c3ccccc3)CCOCC2)s1. The van der Waals surface area contributed by atoms with Crippen LogP contribution in [0.1, 0.15) is 23.4 Å². The fraction of sp³-hybridized carbons (Fsp3) is 0.438. The zero-order chi connectivity index (χ0) is 16.1. The number of aromatic nitrogens is 2. The molecule has 23 heavy (non-hydrogen) atoms. The normalized spacial score (nSPS) is 16.7. The highest BCUT2D eigenvalue weighted by Crippen LogP contribution is 2.34. The number of carbonyl (C=O) groups excluding carboxylic acids is 1. The number of carbonyl (C=O) groups is 1. The number of benzene rings is 1. The van der Waals surface area contributed by atoms with Gasteiger partial charge in [-0.3, -0.25) is 5.32 Å². The van der Waals surface area contributed by atoms with Crippen LogP contribution in [-0.4, -0.2) is 36.0 Å². The number of nitrogens with one attached hydrogen (secondary N) is 2. The minimum Gasteiger partial charge on any atom is -0.381 e. The maximum absolute atomic E-state index is 12.1. The standard InChI is InChI=1S/C16H20N4O2S/c1-12-19-20-15(23-12)18-14(21)17-11-16(7-9-22-10-8-16)13-5-3-2-4-6-13/h2-6H,7-11H2,1H3,(H2,17,18,20,21). The van der Waals surface area contributed by atoms with Gasteiger partial charge in [0.2, 0.25) is 5.13 Å². The Morgan fingerprint density at radius 2 is 2.00 bits per heavy atom. The number of rotatable bonds is 4. The molecule has 6 nitrogen and oxygen atoms in total. The van der Waals surface area contributed by atoms with Crippen LogP contribution in [0.3, 0.4) is 0 Å². The lowest BCUT2D eigenvalue weighted by Gasteiger charge is -2.37. The lowest BCUT2D eigenvalue weighted by atomic mass is 9.74. The lowest BCUT2D eigenvalue weighted by molar-refractivity contribution is 0.0508. The molecule has 1 aromatic heterocycles. The Balaban J connectivity index is 1.66. The van der Waals surface area contributed by atoms with E-state index in [4.69, 9.17) is 4.74 Å². The van der Waals surface area contributed by atoms with Crippen molar-refractivity contribution in [2.75, 3.05) is 25.1 Å². The van der Waals surface area contributed by atoms with Crippen LogP contribution in [0.4, 0.5) is 9.93 Å². The summed E-state index contributed by atoms with van der Waals surface area (Å²) in [6.45, 7) is 3.86. The summed E-state index contributed by atoms with van der Waals surface area (Å²) in [6, 6.07) is 10.1. The number of amides is 2. The lowest BCUT2D eigenvalue weighted by Crippen LogP contribution is -2.45. The largest absolute Gasteiger partial charge is 0.381 e. The molecular formula is C16H20N4O2S. The highest BCUT2D eigenvalue weighted by molar-refractivity contribution is 7.15. The molecule has 7 heteroatoms. The van der Waals surface area contributed by atoms with Gasteiger partial charge in [-0.05, 0) is 25.3 Å². The third-order valence-electron chi connectivity index (χ3n) is 4.17. The van der Waals surface area contributed by atoms with Crippen LogP contribution in [0.25, 0.3) is 0 Å². The number of ether oxygens (including phenoxy) is 1. The van der Waals surface area contributed by atoms with Crippen LogP contribution in [0, 0.1) is 6.92 Å². The van der Waals surface area contributed by atoms with Crippen LogP contribution in [0.2, 0.25) is 0 Å². The Labute approximate surface area is 139 Å². The average molecular weight is 332 g/mol. The Bertz CT molecular complexity index is 653. The van der Waals surface area contributed by atoms with Crippen molar-refractivity contribution < 1.29 is 9.53 Å². The van der Waals surface area contributed by atoms with Crippen molar-refractivity contribution in [2.45, 2.75) is 25.2 Å². The van der Waals surface area contributed by atoms with E-state index >= 15 is 0 Å². The van der Waals surface area contributed by atoms with Gasteiger partial charge in [-0.2, -0.15) is 0 Å². The van der Waals surface area contributed by atoms with E-state index in [1.807, 2.05) is 25.1 Å². The Kier molecular flexibility index (Phi) is 4.88. The Morgan fingerprint density at radius 1 is 1.26 bits per heavy atom. The maximum atomic E-state index is 12.1. The van der Waals surface area contributed by atoms with Gasteiger partial charge in [0.1, 0.15) is 5.01 Å². The van der Waals surface area contributed by atoms with Crippen LogP contribution in [0.15, 0.2) is 30.3 Å². The van der Waals surface area contributed by atoms with Gasteiger partial charge in [-0.25, -0.2) is 4.79 Å². The summed E-state index contributed by atoms with van der Waals surface area (Å²) in [5.41, 5.74) is 1.17. The van der Waals surface area contributed by atoms with Crippen molar-refractivity contribution in [2.24, 2.45) is 0 Å². The highest BCUT2D eigenvalue weighted by atomic mass is 32.1. The number of hydrogen-bond donors (Lipinski definition) is 2. The monoisotopic (exact) mass is 332 g/mol. The fourth-order valence-electron chi connectivity index (χ4n) is 2.86. The van der Waals surface area contributed by atoms with Crippen molar-refractivity contribution in [1.29, 1.82) is 0 Å². The van der Waals surface area contributed by atoms with Crippen molar-refractivity contribution in [1.82, 2.24) is 15.5 Å². The van der Waals surface area contributed by atoms with E-state index in [1.54, 1.807) is 0 Å². The molecule has 1 saturated heterocycles. The average Bonchev–Trinajstić information content (AvgIpc) is 2.99. The number of urea groups is 1. The summed E-state index contributed by atoms with van der Waals surface area (Å²) in [4.78, 5) is 12.1. The van der Waals surface area contributed by atoms with Crippen LogP contribution in [0.5, 0.6) is 0 Å². The van der Waals surface area contributed by atoms with Gasteiger partial charge in [-0.1, -0.05) is 41.7 Å². The molecule has 3 rings (SSSR count). The van der Waals surface area contributed by atoms with E-state index in [0.29, 0.717) is 24.9 Å². The van der Waals surface area contributed by atoms with Crippen LogP contribution >= 0.6 is 11.3 Å². The summed E-state index contributed by atoms with van der Waals surface area (Å²) in [7, 11) is 0. The molecule has 0 radical (unpaired) electrons. The van der Waals surface area contributed by atoms with Gasteiger partial charge in [0.25, 0.3) is 0 Å². The zero-order valence-electron chi connectivity index (χ0n) is 13.0. The van der Waals surface area contributed by atoms with Crippen molar-refractivity contribution >= 4 is 22.5 Å². The van der Waals surface area contributed by atoms with E-state index < -0.39 is 0 Å². The number of anilines is 1. The van der Waals surface area contributed by atoms with Gasteiger partial charge in [0.05, 0.1) is 0 Å². The molecular weight excluding hydrogens is 312 g/mol. The highest BCUT2D eigenvalue weighted by Gasteiger charge is 2.34. The van der Waals surface area contributed by atoms with E-state index in [-0.39, 0.29) is 11.4 Å². The second kappa shape index (κ2) is 7.06. The predicted octanol–water partition coefficient (Wildman–Crippen LogP) is 2.72.